The Hall–Kier alpha value is -3.06. The molecular weight excluding hydrogens is 394 g/mol. The van der Waals surface area contributed by atoms with Crippen molar-refractivity contribution in [2.75, 3.05) is 30.3 Å². The number of carbonyl (C=O) groups excluding carboxylic acids is 2. The highest BCUT2D eigenvalue weighted by Crippen LogP contribution is 2.18. The Morgan fingerprint density at radius 3 is 2.68 bits per heavy atom. The van der Waals surface area contributed by atoms with Crippen molar-refractivity contribution in [1.82, 2.24) is 5.32 Å². The first kappa shape index (κ1) is 22.6. The molecule has 3 rings (SSSR count). The second-order valence-corrected chi connectivity index (χ2v) is 7.69. The fourth-order valence-corrected chi connectivity index (χ4v) is 3.21. The SMILES string of the molecule is CCC(C)Oc1ccc(NCC(=O)Nc2cccc(C(=O)NCC3CCCO3)c2)cc1. The minimum Gasteiger partial charge on any atom is -0.491 e. The van der Waals surface area contributed by atoms with Crippen LogP contribution in [0.25, 0.3) is 0 Å². The van der Waals surface area contributed by atoms with E-state index in [1.165, 1.54) is 0 Å². The first-order chi connectivity index (χ1) is 15.0. The number of hydrogen-bond acceptors (Lipinski definition) is 5. The van der Waals surface area contributed by atoms with Gasteiger partial charge in [-0.3, -0.25) is 9.59 Å². The van der Waals surface area contributed by atoms with Crippen LogP contribution in [0.2, 0.25) is 0 Å². The van der Waals surface area contributed by atoms with Crippen LogP contribution in [0.4, 0.5) is 11.4 Å². The Morgan fingerprint density at radius 2 is 1.97 bits per heavy atom. The summed E-state index contributed by atoms with van der Waals surface area (Å²) in [6.07, 6.45) is 3.20. The normalized spacial score (nSPS) is 16.4. The summed E-state index contributed by atoms with van der Waals surface area (Å²) in [7, 11) is 0. The summed E-state index contributed by atoms with van der Waals surface area (Å²) in [5.41, 5.74) is 1.91. The molecule has 31 heavy (non-hydrogen) atoms. The first-order valence-corrected chi connectivity index (χ1v) is 10.8. The number of anilines is 2. The third-order valence-electron chi connectivity index (χ3n) is 5.14. The minimum absolute atomic E-state index is 0.0913. The van der Waals surface area contributed by atoms with E-state index in [2.05, 4.69) is 22.9 Å². The summed E-state index contributed by atoms with van der Waals surface area (Å²) in [6, 6.07) is 14.4. The maximum atomic E-state index is 12.4. The maximum Gasteiger partial charge on any atom is 0.251 e. The second kappa shape index (κ2) is 11.4. The van der Waals surface area contributed by atoms with E-state index in [9.17, 15) is 9.59 Å². The van der Waals surface area contributed by atoms with Crippen LogP contribution in [0, 0.1) is 0 Å². The van der Waals surface area contributed by atoms with Crippen molar-refractivity contribution >= 4 is 23.2 Å². The van der Waals surface area contributed by atoms with E-state index >= 15 is 0 Å². The smallest absolute Gasteiger partial charge is 0.251 e. The molecule has 7 heteroatoms. The molecular formula is C24H31N3O4. The van der Waals surface area contributed by atoms with Crippen LogP contribution < -0.4 is 20.7 Å². The largest absolute Gasteiger partial charge is 0.491 e. The number of ether oxygens (including phenoxy) is 2. The van der Waals surface area contributed by atoms with Crippen LogP contribution in [-0.2, 0) is 9.53 Å². The van der Waals surface area contributed by atoms with Gasteiger partial charge in [0.15, 0.2) is 0 Å². The van der Waals surface area contributed by atoms with E-state index in [4.69, 9.17) is 9.47 Å². The molecule has 0 radical (unpaired) electrons. The Morgan fingerprint density at radius 1 is 1.16 bits per heavy atom. The lowest BCUT2D eigenvalue weighted by Gasteiger charge is -2.13. The van der Waals surface area contributed by atoms with Gasteiger partial charge in [-0.25, -0.2) is 0 Å². The van der Waals surface area contributed by atoms with Gasteiger partial charge < -0.3 is 25.4 Å². The highest BCUT2D eigenvalue weighted by molar-refractivity contribution is 5.98. The lowest BCUT2D eigenvalue weighted by molar-refractivity contribution is -0.114. The van der Waals surface area contributed by atoms with Gasteiger partial charge in [-0.05, 0) is 68.7 Å². The van der Waals surface area contributed by atoms with Gasteiger partial charge in [-0.1, -0.05) is 13.0 Å². The Kier molecular flexibility index (Phi) is 8.29. The van der Waals surface area contributed by atoms with Crippen LogP contribution in [0.1, 0.15) is 43.5 Å². The molecule has 1 heterocycles. The zero-order chi connectivity index (χ0) is 22.1. The van der Waals surface area contributed by atoms with E-state index in [0.29, 0.717) is 17.8 Å². The van der Waals surface area contributed by atoms with Gasteiger partial charge in [0.2, 0.25) is 5.91 Å². The number of carbonyl (C=O) groups is 2. The zero-order valence-corrected chi connectivity index (χ0v) is 18.1. The zero-order valence-electron chi connectivity index (χ0n) is 18.1. The van der Waals surface area contributed by atoms with E-state index in [-0.39, 0.29) is 30.6 Å². The van der Waals surface area contributed by atoms with Gasteiger partial charge in [-0.2, -0.15) is 0 Å². The average molecular weight is 426 g/mol. The second-order valence-electron chi connectivity index (χ2n) is 7.69. The van der Waals surface area contributed by atoms with Crippen molar-refractivity contribution in [2.24, 2.45) is 0 Å². The number of rotatable bonds is 10. The molecule has 2 aromatic rings. The molecule has 1 fully saturated rings. The van der Waals surface area contributed by atoms with Gasteiger partial charge in [0.05, 0.1) is 18.8 Å². The lowest BCUT2D eigenvalue weighted by Crippen LogP contribution is -2.31. The van der Waals surface area contributed by atoms with Crippen LogP contribution in [0.15, 0.2) is 48.5 Å². The predicted molar refractivity (Wildman–Crippen MR) is 122 cm³/mol. The quantitative estimate of drug-likeness (QED) is 0.539. The molecule has 0 saturated carbocycles. The third-order valence-corrected chi connectivity index (χ3v) is 5.14. The highest BCUT2D eigenvalue weighted by Gasteiger charge is 2.17. The first-order valence-electron chi connectivity index (χ1n) is 10.8. The van der Waals surface area contributed by atoms with Crippen LogP contribution in [-0.4, -0.2) is 43.7 Å². The minimum atomic E-state index is -0.197. The monoisotopic (exact) mass is 425 g/mol. The molecule has 3 N–H and O–H groups in total. The Labute approximate surface area is 183 Å². The van der Waals surface area contributed by atoms with Gasteiger partial charge in [0.1, 0.15) is 5.75 Å². The predicted octanol–water partition coefficient (Wildman–Crippen LogP) is 3.82. The maximum absolute atomic E-state index is 12.4. The van der Waals surface area contributed by atoms with E-state index in [0.717, 1.165) is 37.3 Å². The molecule has 166 valence electrons. The molecule has 1 saturated heterocycles. The standard InChI is InChI=1S/C24H31N3O4/c1-3-17(2)31-21-11-9-19(10-12-21)25-16-23(28)27-20-7-4-6-18(14-20)24(29)26-15-22-8-5-13-30-22/h4,6-7,9-12,14,17,22,25H,3,5,8,13,15-16H2,1-2H3,(H,26,29)(H,27,28). The molecule has 2 amide bonds. The van der Waals surface area contributed by atoms with Gasteiger partial charge in [-0.15, -0.1) is 0 Å². The van der Waals surface area contributed by atoms with E-state index in [1.807, 2.05) is 31.2 Å². The molecule has 1 aliphatic heterocycles. The van der Waals surface area contributed by atoms with Crippen molar-refractivity contribution in [2.45, 2.75) is 45.3 Å². The van der Waals surface area contributed by atoms with Gasteiger partial charge in [0, 0.05) is 30.1 Å². The molecule has 2 atom stereocenters. The number of nitrogens with one attached hydrogen (secondary N) is 3. The summed E-state index contributed by atoms with van der Waals surface area (Å²) in [6.45, 7) is 5.47. The fraction of sp³-hybridized carbons (Fsp3) is 0.417. The lowest BCUT2D eigenvalue weighted by atomic mass is 10.1. The highest BCUT2D eigenvalue weighted by atomic mass is 16.5. The topological polar surface area (TPSA) is 88.7 Å². The third kappa shape index (κ3) is 7.29. The summed E-state index contributed by atoms with van der Waals surface area (Å²) >= 11 is 0. The summed E-state index contributed by atoms with van der Waals surface area (Å²) in [4.78, 5) is 24.7. The summed E-state index contributed by atoms with van der Waals surface area (Å²) < 4.78 is 11.3. The van der Waals surface area contributed by atoms with E-state index < -0.39 is 0 Å². The fourth-order valence-electron chi connectivity index (χ4n) is 3.21. The van der Waals surface area contributed by atoms with Gasteiger partial charge >= 0.3 is 0 Å². The molecule has 0 aromatic heterocycles. The van der Waals surface area contributed by atoms with Crippen molar-refractivity contribution in [3.63, 3.8) is 0 Å². The molecule has 0 bridgehead atoms. The van der Waals surface area contributed by atoms with Crippen molar-refractivity contribution in [3.05, 3.63) is 54.1 Å². The Balaban J connectivity index is 1.45. The number of amides is 2. The molecule has 1 aliphatic rings. The van der Waals surface area contributed by atoms with Crippen molar-refractivity contribution in [1.29, 1.82) is 0 Å². The summed E-state index contributed by atoms with van der Waals surface area (Å²) in [5, 5.41) is 8.80. The van der Waals surface area contributed by atoms with Crippen molar-refractivity contribution < 1.29 is 19.1 Å². The molecule has 2 aromatic carbocycles. The number of benzene rings is 2. The van der Waals surface area contributed by atoms with Crippen LogP contribution in [0.5, 0.6) is 5.75 Å². The molecule has 0 aliphatic carbocycles. The average Bonchev–Trinajstić information content (AvgIpc) is 3.31. The molecule has 7 nitrogen and oxygen atoms in total. The van der Waals surface area contributed by atoms with Crippen LogP contribution in [0.3, 0.4) is 0 Å². The Bertz CT molecular complexity index is 863. The number of hydrogen-bond donors (Lipinski definition) is 3. The molecule has 2 unspecified atom stereocenters. The van der Waals surface area contributed by atoms with Crippen LogP contribution >= 0.6 is 0 Å². The summed E-state index contributed by atoms with van der Waals surface area (Å²) in [5.74, 6) is 0.431. The molecule has 0 spiro atoms. The van der Waals surface area contributed by atoms with E-state index in [1.54, 1.807) is 24.3 Å². The van der Waals surface area contributed by atoms with Crippen molar-refractivity contribution in [3.8, 4) is 5.75 Å². The van der Waals surface area contributed by atoms with Gasteiger partial charge in [0.25, 0.3) is 5.91 Å².